The van der Waals surface area contributed by atoms with Gasteiger partial charge in [-0.05, 0) is 50.1 Å². The number of aryl methyl sites for hydroxylation is 1. The van der Waals surface area contributed by atoms with Crippen LogP contribution in [0.3, 0.4) is 0 Å². The Bertz CT molecular complexity index is 1410. The summed E-state index contributed by atoms with van der Waals surface area (Å²) in [4.78, 5) is 28.3. The highest BCUT2D eigenvalue weighted by Crippen LogP contribution is 2.36. The second kappa shape index (κ2) is 10.3. The van der Waals surface area contributed by atoms with Gasteiger partial charge in [-0.1, -0.05) is 53.8 Å². The van der Waals surface area contributed by atoms with Crippen LogP contribution in [0.25, 0.3) is 6.08 Å². The molecule has 3 aromatic rings. The van der Waals surface area contributed by atoms with Crippen molar-refractivity contribution in [3.8, 4) is 6.07 Å². The molecular formula is C26H24N4O3S2. The van der Waals surface area contributed by atoms with Gasteiger partial charge in [0.1, 0.15) is 27.5 Å². The van der Waals surface area contributed by atoms with Crippen LogP contribution in [0.4, 0.5) is 5.82 Å². The molecule has 4 rings (SSSR count). The summed E-state index contributed by atoms with van der Waals surface area (Å²) in [5.74, 6) is 1.01. The summed E-state index contributed by atoms with van der Waals surface area (Å²) in [6, 6.07) is 13.6. The Morgan fingerprint density at radius 2 is 1.94 bits per heavy atom. The Labute approximate surface area is 213 Å². The smallest absolute Gasteiger partial charge is 0.270 e. The zero-order valence-corrected chi connectivity index (χ0v) is 21.3. The molecule has 9 heteroatoms. The van der Waals surface area contributed by atoms with Crippen LogP contribution in [0.1, 0.15) is 40.5 Å². The maximum absolute atomic E-state index is 13.3. The number of carbonyl (C=O) groups excluding carboxylic acids is 1. The molecule has 0 atom stereocenters. The van der Waals surface area contributed by atoms with Crippen LogP contribution in [0.2, 0.25) is 0 Å². The third kappa shape index (κ3) is 4.94. The van der Waals surface area contributed by atoms with E-state index in [-0.39, 0.29) is 17.0 Å². The number of furan rings is 1. The van der Waals surface area contributed by atoms with E-state index >= 15 is 0 Å². The van der Waals surface area contributed by atoms with E-state index in [9.17, 15) is 14.9 Å². The lowest BCUT2D eigenvalue weighted by Gasteiger charge is -2.19. The molecule has 0 aliphatic carbocycles. The molecule has 1 saturated heterocycles. The summed E-state index contributed by atoms with van der Waals surface area (Å²) < 4.78 is 7.39. The number of benzene rings is 1. The largest absolute Gasteiger partial charge is 0.467 e. The van der Waals surface area contributed by atoms with Crippen LogP contribution in [0, 0.1) is 25.2 Å². The zero-order valence-electron chi connectivity index (χ0n) is 19.6. The van der Waals surface area contributed by atoms with Crippen molar-refractivity contribution in [3.63, 3.8) is 0 Å². The molecule has 0 radical (unpaired) electrons. The van der Waals surface area contributed by atoms with Crippen LogP contribution >= 0.6 is 24.0 Å². The standard InChI is InChI=1S/C26H24N4O3S2/c1-4-29-23(28-14-19-6-5-11-33-19)20(17(3)21(13-27)24(29)31)12-22-25(32)30(26(34)35-22)15-18-9-7-16(2)8-10-18/h5-12,28H,4,14-15H2,1-3H3/b22-12-. The normalized spacial score (nSPS) is 14.6. The molecule has 178 valence electrons. The molecule has 0 bridgehead atoms. The van der Waals surface area contributed by atoms with E-state index in [0.717, 1.165) is 11.1 Å². The average molecular weight is 505 g/mol. The molecule has 1 amide bonds. The van der Waals surface area contributed by atoms with Gasteiger partial charge >= 0.3 is 0 Å². The summed E-state index contributed by atoms with van der Waals surface area (Å²) >= 11 is 6.73. The van der Waals surface area contributed by atoms with Crippen molar-refractivity contribution in [3.05, 3.63) is 91.5 Å². The van der Waals surface area contributed by atoms with E-state index in [1.54, 1.807) is 30.2 Å². The topological polar surface area (TPSA) is 91.3 Å². The van der Waals surface area contributed by atoms with Gasteiger partial charge in [-0.3, -0.25) is 19.1 Å². The van der Waals surface area contributed by atoms with Gasteiger partial charge in [0.05, 0.1) is 24.3 Å². The molecule has 1 N–H and O–H groups in total. The first-order chi connectivity index (χ1) is 16.8. The second-order valence-corrected chi connectivity index (χ2v) is 9.79. The summed E-state index contributed by atoms with van der Waals surface area (Å²) in [6.45, 7) is 6.63. The highest BCUT2D eigenvalue weighted by molar-refractivity contribution is 8.26. The minimum Gasteiger partial charge on any atom is -0.467 e. The van der Waals surface area contributed by atoms with Gasteiger partial charge in [-0.25, -0.2) is 0 Å². The van der Waals surface area contributed by atoms with E-state index in [4.69, 9.17) is 16.6 Å². The fourth-order valence-electron chi connectivity index (χ4n) is 3.88. The summed E-state index contributed by atoms with van der Waals surface area (Å²) in [5.41, 5.74) is 2.91. The van der Waals surface area contributed by atoms with Crippen molar-refractivity contribution < 1.29 is 9.21 Å². The second-order valence-electron chi connectivity index (χ2n) is 8.11. The molecule has 35 heavy (non-hydrogen) atoms. The number of pyridine rings is 1. The third-order valence-electron chi connectivity index (χ3n) is 5.81. The highest BCUT2D eigenvalue weighted by Gasteiger charge is 2.33. The van der Waals surface area contributed by atoms with Crippen LogP contribution in [0.15, 0.2) is 56.8 Å². The molecule has 2 aromatic heterocycles. The monoisotopic (exact) mass is 504 g/mol. The predicted octanol–water partition coefficient (Wildman–Crippen LogP) is 4.96. The number of thioether (sulfide) groups is 1. The van der Waals surface area contributed by atoms with E-state index in [1.165, 1.54) is 16.3 Å². The summed E-state index contributed by atoms with van der Waals surface area (Å²) in [6.07, 6.45) is 3.30. The van der Waals surface area contributed by atoms with Gasteiger partial charge in [-0.15, -0.1) is 0 Å². The van der Waals surface area contributed by atoms with Crippen LogP contribution in [0.5, 0.6) is 0 Å². The van der Waals surface area contributed by atoms with E-state index in [1.807, 2.05) is 50.2 Å². The fourth-order valence-corrected chi connectivity index (χ4v) is 5.12. The van der Waals surface area contributed by atoms with Crippen molar-refractivity contribution >= 4 is 46.1 Å². The third-order valence-corrected chi connectivity index (χ3v) is 7.19. The molecule has 3 heterocycles. The minimum absolute atomic E-state index is 0.0526. The molecule has 1 aliphatic heterocycles. The lowest BCUT2D eigenvalue weighted by molar-refractivity contribution is -0.122. The lowest BCUT2D eigenvalue weighted by atomic mass is 10.0. The highest BCUT2D eigenvalue weighted by atomic mass is 32.2. The molecule has 7 nitrogen and oxygen atoms in total. The van der Waals surface area contributed by atoms with Gasteiger partial charge in [0, 0.05) is 12.1 Å². The Morgan fingerprint density at radius 1 is 1.20 bits per heavy atom. The fraction of sp³-hybridized carbons (Fsp3) is 0.231. The first-order valence-electron chi connectivity index (χ1n) is 11.1. The maximum atomic E-state index is 13.3. The van der Waals surface area contributed by atoms with Gasteiger partial charge in [0.2, 0.25) is 0 Å². The van der Waals surface area contributed by atoms with E-state index < -0.39 is 0 Å². The first kappa shape index (κ1) is 24.5. The number of nitrogens with zero attached hydrogens (tertiary/aromatic N) is 3. The Morgan fingerprint density at radius 3 is 2.57 bits per heavy atom. The Hall–Kier alpha value is -3.61. The van der Waals surface area contributed by atoms with Crippen LogP contribution in [-0.2, 0) is 24.4 Å². The van der Waals surface area contributed by atoms with Gasteiger partial charge in [0.15, 0.2) is 0 Å². The maximum Gasteiger partial charge on any atom is 0.270 e. The number of hydrogen-bond donors (Lipinski definition) is 1. The van der Waals surface area contributed by atoms with Crippen molar-refractivity contribution in [2.45, 2.75) is 40.4 Å². The SMILES string of the molecule is CCn1c(NCc2ccco2)c(/C=C2\SC(=S)N(Cc3ccc(C)cc3)C2=O)c(C)c(C#N)c1=O. The average Bonchev–Trinajstić information content (AvgIpc) is 3.45. The van der Waals surface area contributed by atoms with Gasteiger partial charge in [0.25, 0.3) is 11.5 Å². The Kier molecular flexibility index (Phi) is 7.24. The minimum atomic E-state index is -0.376. The molecule has 0 unspecified atom stereocenters. The number of rotatable bonds is 7. The molecular weight excluding hydrogens is 480 g/mol. The number of nitrogens with one attached hydrogen (secondary N) is 1. The number of thiocarbonyl (C=S) groups is 1. The molecule has 0 spiro atoms. The van der Waals surface area contributed by atoms with E-state index in [2.05, 4.69) is 5.32 Å². The zero-order chi connectivity index (χ0) is 25.1. The Balaban J connectivity index is 1.75. The van der Waals surface area contributed by atoms with E-state index in [0.29, 0.717) is 51.6 Å². The first-order valence-corrected chi connectivity index (χ1v) is 12.3. The van der Waals surface area contributed by atoms with Crippen LogP contribution < -0.4 is 10.9 Å². The van der Waals surface area contributed by atoms with Crippen molar-refractivity contribution in [2.24, 2.45) is 0 Å². The van der Waals surface area contributed by atoms with Crippen molar-refractivity contribution in [2.75, 3.05) is 5.32 Å². The predicted molar refractivity (Wildman–Crippen MR) is 142 cm³/mol. The van der Waals surface area contributed by atoms with Gasteiger partial charge in [-0.2, -0.15) is 5.26 Å². The summed E-state index contributed by atoms with van der Waals surface area (Å²) in [7, 11) is 0. The lowest BCUT2D eigenvalue weighted by Crippen LogP contribution is -2.28. The number of carbonyl (C=O) groups is 1. The van der Waals surface area contributed by atoms with Gasteiger partial charge < -0.3 is 9.73 Å². The number of hydrogen-bond acceptors (Lipinski definition) is 7. The molecule has 1 aliphatic rings. The van der Waals surface area contributed by atoms with Crippen molar-refractivity contribution in [1.82, 2.24) is 9.47 Å². The van der Waals surface area contributed by atoms with Crippen LogP contribution in [-0.4, -0.2) is 19.7 Å². The molecule has 1 aromatic carbocycles. The van der Waals surface area contributed by atoms with Crippen molar-refractivity contribution in [1.29, 1.82) is 5.26 Å². The summed E-state index contributed by atoms with van der Waals surface area (Å²) in [5, 5.41) is 12.9. The number of nitriles is 1. The number of aromatic nitrogens is 1. The molecule has 1 fully saturated rings. The molecule has 0 saturated carbocycles. The number of anilines is 1. The number of amides is 1. The quantitative estimate of drug-likeness (QED) is 0.359.